The molecule has 16 heavy (non-hydrogen) atoms. The van der Waals surface area contributed by atoms with Crippen LogP contribution in [-0.4, -0.2) is 14.8 Å². The van der Waals surface area contributed by atoms with Crippen molar-refractivity contribution in [2.24, 2.45) is 0 Å². The monoisotopic (exact) mass is 244 g/mol. The zero-order valence-corrected chi connectivity index (χ0v) is 9.71. The van der Waals surface area contributed by atoms with Crippen LogP contribution in [0.15, 0.2) is 41.8 Å². The van der Waals surface area contributed by atoms with E-state index < -0.39 is 16.5 Å². The SMILES string of the molecule is C=CCC(F)OS(=O)(=O)c1ccc(C)cc1. The van der Waals surface area contributed by atoms with Crippen LogP contribution in [0.4, 0.5) is 4.39 Å². The van der Waals surface area contributed by atoms with Gasteiger partial charge in [0.15, 0.2) is 0 Å². The predicted molar refractivity (Wildman–Crippen MR) is 59.2 cm³/mol. The zero-order valence-electron chi connectivity index (χ0n) is 8.89. The van der Waals surface area contributed by atoms with Gasteiger partial charge in [-0.05, 0) is 19.1 Å². The van der Waals surface area contributed by atoms with E-state index in [0.717, 1.165) is 5.56 Å². The maximum atomic E-state index is 13.0. The molecular weight excluding hydrogens is 231 g/mol. The standard InChI is InChI=1S/C11H13FO3S/c1-3-4-11(12)15-16(13,14)10-7-5-9(2)6-8-10/h3,5-8,11H,1,4H2,2H3. The molecule has 0 saturated heterocycles. The molecule has 5 heteroatoms. The molecule has 0 radical (unpaired) electrons. The first-order valence-electron chi connectivity index (χ1n) is 4.70. The van der Waals surface area contributed by atoms with E-state index in [1.165, 1.54) is 18.2 Å². The molecule has 1 atom stereocenters. The van der Waals surface area contributed by atoms with Gasteiger partial charge in [0.25, 0.3) is 10.1 Å². The lowest BCUT2D eigenvalue weighted by Gasteiger charge is -2.08. The number of aryl methyl sites for hydroxylation is 1. The molecule has 1 aromatic rings. The lowest BCUT2D eigenvalue weighted by Crippen LogP contribution is -2.13. The number of benzene rings is 1. The predicted octanol–water partition coefficient (Wildman–Crippen LogP) is 2.57. The van der Waals surface area contributed by atoms with Gasteiger partial charge in [-0.3, -0.25) is 0 Å². The third kappa shape index (κ3) is 3.43. The first kappa shape index (κ1) is 12.9. The van der Waals surface area contributed by atoms with Crippen LogP contribution in [0.2, 0.25) is 0 Å². The van der Waals surface area contributed by atoms with Crippen LogP contribution in [0.5, 0.6) is 0 Å². The molecule has 0 aliphatic carbocycles. The molecule has 0 fully saturated rings. The van der Waals surface area contributed by atoms with Crippen molar-refractivity contribution in [1.29, 1.82) is 0 Å². The molecule has 0 spiro atoms. The number of rotatable bonds is 5. The van der Waals surface area contributed by atoms with E-state index in [0.29, 0.717) is 0 Å². The quantitative estimate of drug-likeness (QED) is 0.590. The normalized spacial score (nSPS) is 13.4. The Morgan fingerprint density at radius 2 is 2.00 bits per heavy atom. The topological polar surface area (TPSA) is 43.4 Å². The van der Waals surface area contributed by atoms with Crippen LogP contribution in [0, 0.1) is 6.92 Å². The van der Waals surface area contributed by atoms with E-state index in [2.05, 4.69) is 10.8 Å². The van der Waals surface area contributed by atoms with Crippen molar-refractivity contribution >= 4 is 10.1 Å². The third-order valence-electron chi connectivity index (χ3n) is 1.89. The van der Waals surface area contributed by atoms with E-state index in [9.17, 15) is 12.8 Å². The molecule has 0 aliphatic rings. The lowest BCUT2D eigenvalue weighted by atomic mass is 10.2. The molecule has 0 N–H and O–H groups in total. The maximum Gasteiger partial charge on any atom is 0.299 e. The Bertz CT molecular complexity index is 451. The maximum absolute atomic E-state index is 13.0. The van der Waals surface area contributed by atoms with E-state index in [4.69, 9.17) is 0 Å². The molecular formula is C11H13FO3S. The average Bonchev–Trinajstić information content (AvgIpc) is 2.17. The Balaban J connectivity index is 2.85. The molecule has 0 aromatic heterocycles. The highest BCUT2D eigenvalue weighted by atomic mass is 32.2. The second kappa shape index (κ2) is 5.23. The summed E-state index contributed by atoms with van der Waals surface area (Å²) in [5.74, 6) is 0. The fraction of sp³-hybridized carbons (Fsp3) is 0.273. The van der Waals surface area contributed by atoms with Crippen molar-refractivity contribution in [3.63, 3.8) is 0 Å². The minimum atomic E-state index is -4.02. The van der Waals surface area contributed by atoms with Gasteiger partial charge in [-0.1, -0.05) is 23.8 Å². The van der Waals surface area contributed by atoms with Gasteiger partial charge in [0.1, 0.15) is 0 Å². The third-order valence-corrected chi connectivity index (χ3v) is 3.20. The van der Waals surface area contributed by atoms with Gasteiger partial charge < -0.3 is 0 Å². The van der Waals surface area contributed by atoms with Crippen LogP contribution >= 0.6 is 0 Å². The van der Waals surface area contributed by atoms with Gasteiger partial charge in [0.2, 0.25) is 6.36 Å². The van der Waals surface area contributed by atoms with Gasteiger partial charge in [-0.2, -0.15) is 8.42 Å². The van der Waals surface area contributed by atoms with E-state index in [1.54, 1.807) is 12.1 Å². The zero-order chi connectivity index (χ0) is 12.2. The molecule has 0 bridgehead atoms. The van der Waals surface area contributed by atoms with Crippen LogP contribution in [0.3, 0.4) is 0 Å². The van der Waals surface area contributed by atoms with Crippen molar-refractivity contribution in [2.75, 3.05) is 0 Å². The molecule has 88 valence electrons. The summed E-state index contributed by atoms with van der Waals surface area (Å²) in [7, 11) is -4.02. The fourth-order valence-electron chi connectivity index (χ4n) is 1.07. The smallest absolute Gasteiger partial charge is 0.229 e. The molecule has 0 amide bonds. The summed E-state index contributed by atoms with van der Waals surface area (Å²) >= 11 is 0. The number of halogens is 1. The average molecular weight is 244 g/mol. The fourth-order valence-corrected chi connectivity index (χ4v) is 2.00. The molecule has 0 heterocycles. The second-order valence-corrected chi connectivity index (χ2v) is 4.87. The summed E-state index contributed by atoms with van der Waals surface area (Å²) in [6.07, 6.45) is -0.788. The van der Waals surface area contributed by atoms with Crippen LogP contribution in [-0.2, 0) is 14.3 Å². The van der Waals surface area contributed by atoms with Crippen molar-refractivity contribution in [1.82, 2.24) is 0 Å². The van der Waals surface area contributed by atoms with Gasteiger partial charge >= 0.3 is 0 Å². The van der Waals surface area contributed by atoms with E-state index >= 15 is 0 Å². The number of alkyl halides is 1. The van der Waals surface area contributed by atoms with Crippen LogP contribution < -0.4 is 0 Å². The van der Waals surface area contributed by atoms with E-state index in [1.807, 2.05) is 6.92 Å². The molecule has 1 rings (SSSR count). The Kier molecular flexibility index (Phi) is 4.20. The van der Waals surface area contributed by atoms with Crippen molar-refractivity contribution in [3.8, 4) is 0 Å². The van der Waals surface area contributed by atoms with Crippen molar-refractivity contribution in [2.45, 2.75) is 24.6 Å². The number of hydrogen-bond donors (Lipinski definition) is 0. The minimum absolute atomic E-state index is 0.0511. The summed E-state index contributed by atoms with van der Waals surface area (Å²) in [6.45, 7) is 5.13. The lowest BCUT2D eigenvalue weighted by molar-refractivity contribution is 0.0778. The largest absolute Gasteiger partial charge is 0.299 e. The Morgan fingerprint density at radius 3 is 2.50 bits per heavy atom. The van der Waals surface area contributed by atoms with Crippen LogP contribution in [0.1, 0.15) is 12.0 Å². The summed E-state index contributed by atoms with van der Waals surface area (Å²) in [5.41, 5.74) is 0.918. The Labute approximate surface area is 94.7 Å². The summed E-state index contributed by atoms with van der Waals surface area (Å²) in [4.78, 5) is -0.0511. The first-order chi connectivity index (χ1) is 7.45. The minimum Gasteiger partial charge on any atom is -0.229 e. The highest BCUT2D eigenvalue weighted by molar-refractivity contribution is 7.86. The molecule has 3 nitrogen and oxygen atoms in total. The first-order valence-corrected chi connectivity index (χ1v) is 6.11. The highest BCUT2D eigenvalue weighted by Crippen LogP contribution is 2.16. The molecule has 1 aromatic carbocycles. The van der Waals surface area contributed by atoms with Gasteiger partial charge in [-0.25, -0.2) is 8.57 Å². The van der Waals surface area contributed by atoms with Gasteiger partial charge in [0.05, 0.1) is 4.90 Å². The van der Waals surface area contributed by atoms with Crippen molar-refractivity contribution < 1.29 is 17.0 Å². The van der Waals surface area contributed by atoms with E-state index in [-0.39, 0.29) is 11.3 Å². The highest BCUT2D eigenvalue weighted by Gasteiger charge is 2.20. The summed E-state index contributed by atoms with van der Waals surface area (Å²) in [6, 6.07) is 6.00. The Hall–Kier alpha value is -1.20. The van der Waals surface area contributed by atoms with Gasteiger partial charge in [-0.15, -0.1) is 6.58 Å². The molecule has 1 unspecified atom stereocenters. The van der Waals surface area contributed by atoms with Crippen molar-refractivity contribution in [3.05, 3.63) is 42.5 Å². The van der Waals surface area contributed by atoms with Gasteiger partial charge in [0, 0.05) is 6.42 Å². The summed E-state index contributed by atoms with van der Waals surface area (Å²) < 4.78 is 40.4. The summed E-state index contributed by atoms with van der Waals surface area (Å²) in [5, 5.41) is 0. The van der Waals surface area contributed by atoms with Crippen LogP contribution in [0.25, 0.3) is 0 Å². The number of hydrogen-bond acceptors (Lipinski definition) is 3. The Morgan fingerprint density at radius 1 is 1.44 bits per heavy atom. The molecule has 0 saturated carbocycles. The second-order valence-electron chi connectivity index (χ2n) is 3.30. The molecule has 0 aliphatic heterocycles.